The van der Waals surface area contributed by atoms with Gasteiger partial charge in [-0.1, -0.05) is 0 Å². The van der Waals surface area contributed by atoms with Crippen LogP contribution in [0, 0.1) is 12.8 Å². The summed E-state index contributed by atoms with van der Waals surface area (Å²) in [5.74, 6) is 0.0278. The zero-order valence-corrected chi connectivity index (χ0v) is 4.02. The van der Waals surface area contributed by atoms with Crippen LogP contribution >= 0.6 is 0 Å². The molecular formula is C5H7O2. The van der Waals surface area contributed by atoms with Gasteiger partial charge in [-0.3, -0.25) is 4.79 Å². The average molecular weight is 99.1 g/mol. The Bertz CT molecular complexity index is 88.1. The summed E-state index contributed by atoms with van der Waals surface area (Å²) in [6.45, 7) is 4.33. The van der Waals surface area contributed by atoms with Gasteiger partial charge in [0.1, 0.15) is 6.61 Å². The molecule has 1 fully saturated rings. The van der Waals surface area contributed by atoms with Crippen molar-refractivity contribution < 1.29 is 9.53 Å². The predicted octanol–water partition coefficient (Wildman–Crippen LogP) is 0.0360. The Kier molecular flexibility index (Phi) is 1.11. The van der Waals surface area contributed by atoms with Crippen LogP contribution in [0.5, 0.6) is 0 Å². The predicted molar refractivity (Wildman–Crippen MR) is 24.7 cm³/mol. The second-order valence-corrected chi connectivity index (χ2v) is 1.68. The van der Waals surface area contributed by atoms with Crippen molar-refractivity contribution in [1.82, 2.24) is 0 Å². The van der Waals surface area contributed by atoms with Crippen molar-refractivity contribution in [3.8, 4) is 0 Å². The number of rotatable bonds is 0. The van der Waals surface area contributed by atoms with Crippen LogP contribution in [0.2, 0.25) is 0 Å². The van der Waals surface area contributed by atoms with Crippen molar-refractivity contribution in [2.45, 2.75) is 0 Å². The highest BCUT2D eigenvalue weighted by atomic mass is 16.5. The SMILES string of the molecule is [CH2]C1COCC1=O. The Balaban J connectivity index is 2.48. The van der Waals surface area contributed by atoms with E-state index in [4.69, 9.17) is 4.74 Å². The summed E-state index contributed by atoms with van der Waals surface area (Å²) in [6, 6.07) is 0. The first-order valence-electron chi connectivity index (χ1n) is 2.24. The number of ketones is 1. The van der Waals surface area contributed by atoms with E-state index in [-0.39, 0.29) is 18.3 Å². The Hall–Kier alpha value is -0.370. The number of hydrogen-bond donors (Lipinski definition) is 0. The van der Waals surface area contributed by atoms with Crippen molar-refractivity contribution in [1.29, 1.82) is 0 Å². The topological polar surface area (TPSA) is 26.3 Å². The van der Waals surface area contributed by atoms with Crippen molar-refractivity contribution in [2.24, 2.45) is 5.92 Å². The zero-order valence-electron chi connectivity index (χ0n) is 4.02. The maximum absolute atomic E-state index is 10.4. The molecule has 1 atom stereocenters. The molecule has 39 valence electrons. The molecule has 2 heteroatoms. The van der Waals surface area contributed by atoms with E-state index in [0.717, 1.165) is 0 Å². The number of carbonyl (C=O) groups is 1. The van der Waals surface area contributed by atoms with Crippen molar-refractivity contribution in [3.05, 3.63) is 6.92 Å². The molecule has 0 aromatic heterocycles. The highest BCUT2D eigenvalue weighted by molar-refractivity contribution is 5.84. The minimum atomic E-state index is -0.0972. The number of hydrogen-bond acceptors (Lipinski definition) is 2. The zero-order chi connectivity index (χ0) is 5.28. The van der Waals surface area contributed by atoms with Gasteiger partial charge in [-0.25, -0.2) is 0 Å². The Morgan fingerprint density at radius 2 is 2.57 bits per heavy atom. The van der Waals surface area contributed by atoms with Gasteiger partial charge in [0.15, 0.2) is 5.78 Å². The first-order chi connectivity index (χ1) is 3.30. The maximum atomic E-state index is 10.4. The Morgan fingerprint density at radius 1 is 1.86 bits per heavy atom. The van der Waals surface area contributed by atoms with Crippen LogP contribution in [-0.4, -0.2) is 19.0 Å². The molecule has 0 bridgehead atoms. The average Bonchev–Trinajstić information content (AvgIpc) is 1.91. The molecular weight excluding hydrogens is 92.1 g/mol. The molecule has 1 rings (SSSR count). The fourth-order valence-corrected chi connectivity index (χ4v) is 0.513. The number of carbonyl (C=O) groups excluding carboxylic acids is 1. The summed E-state index contributed by atoms with van der Waals surface area (Å²) < 4.78 is 4.76. The van der Waals surface area contributed by atoms with Gasteiger partial charge in [-0.05, 0) is 6.92 Å². The minimum Gasteiger partial charge on any atom is -0.373 e. The summed E-state index contributed by atoms with van der Waals surface area (Å²) in [4.78, 5) is 10.4. The quantitative estimate of drug-likeness (QED) is 0.428. The highest BCUT2D eigenvalue weighted by Crippen LogP contribution is 2.04. The Labute approximate surface area is 42.5 Å². The molecule has 1 heterocycles. The van der Waals surface area contributed by atoms with Crippen molar-refractivity contribution in [3.63, 3.8) is 0 Å². The fourth-order valence-electron chi connectivity index (χ4n) is 0.513. The van der Waals surface area contributed by atoms with E-state index in [9.17, 15) is 4.79 Å². The third-order valence-electron chi connectivity index (χ3n) is 1.02. The van der Waals surface area contributed by atoms with E-state index < -0.39 is 0 Å². The lowest BCUT2D eigenvalue weighted by molar-refractivity contribution is -0.119. The van der Waals surface area contributed by atoms with Gasteiger partial charge in [-0.2, -0.15) is 0 Å². The third kappa shape index (κ3) is 0.800. The molecule has 0 aromatic carbocycles. The first-order valence-corrected chi connectivity index (χ1v) is 2.24. The number of ether oxygens (including phenoxy) is 1. The molecule has 0 amide bonds. The van der Waals surface area contributed by atoms with Gasteiger partial charge in [0.05, 0.1) is 6.61 Å². The van der Waals surface area contributed by atoms with Gasteiger partial charge in [-0.15, -0.1) is 0 Å². The summed E-state index contributed by atoms with van der Waals surface area (Å²) >= 11 is 0. The van der Waals surface area contributed by atoms with E-state index in [1.165, 1.54) is 0 Å². The fraction of sp³-hybridized carbons (Fsp3) is 0.600. The molecule has 1 radical (unpaired) electrons. The lowest BCUT2D eigenvalue weighted by atomic mass is 10.1. The molecule has 1 aliphatic rings. The van der Waals surface area contributed by atoms with Gasteiger partial charge < -0.3 is 4.74 Å². The molecule has 0 aliphatic carbocycles. The molecule has 2 nitrogen and oxygen atoms in total. The third-order valence-corrected chi connectivity index (χ3v) is 1.02. The normalized spacial score (nSPS) is 31.6. The standard InChI is InChI=1S/C5H7O2/c1-4-2-7-3-5(4)6/h4H,1-3H2. The molecule has 0 N–H and O–H groups in total. The smallest absolute Gasteiger partial charge is 0.163 e. The molecule has 1 saturated heterocycles. The lowest BCUT2D eigenvalue weighted by Crippen LogP contribution is -2.05. The van der Waals surface area contributed by atoms with Gasteiger partial charge in [0.2, 0.25) is 0 Å². The highest BCUT2D eigenvalue weighted by Gasteiger charge is 2.19. The van der Waals surface area contributed by atoms with Gasteiger partial charge >= 0.3 is 0 Å². The monoisotopic (exact) mass is 99.0 g/mol. The van der Waals surface area contributed by atoms with Gasteiger partial charge in [0, 0.05) is 5.92 Å². The summed E-state index contributed by atoms with van der Waals surface area (Å²) in [5.41, 5.74) is 0. The van der Waals surface area contributed by atoms with Crippen LogP contribution in [0.3, 0.4) is 0 Å². The largest absolute Gasteiger partial charge is 0.373 e. The lowest BCUT2D eigenvalue weighted by Gasteiger charge is -1.88. The van der Waals surface area contributed by atoms with Crippen LogP contribution in [0.4, 0.5) is 0 Å². The Morgan fingerprint density at radius 3 is 2.71 bits per heavy atom. The van der Waals surface area contributed by atoms with Gasteiger partial charge in [0.25, 0.3) is 0 Å². The first kappa shape index (κ1) is 4.78. The van der Waals surface area contributed by atoms with E-state index in [1.54, 1.807) is 0 Å². The summed E-state index contributed by atoms with van der Waals surface area (Å²) in [6.07, 6.45) is 0. The van der Waals surface area contributed by atoms with Crippen LogP contribution < -0.4 is 0 Å². The van der Waals surface area contributed by atoms with Crippen LogP contribution in [0.25, 0.3) is 0 Å². The second kappa shape index (κ2) is 1.62. The molecule has 7 heavy (non-hydrogen) atoms. The van der Waals surface area contributed by atoms with Crippen LogP contribution in [-0.2, 0) is 9.53 Å². The molecule has 1 unspecified atom stereocenters. The molecule has 0 saturated carbocycles. The minimum absolute atomic E-state index is 0.0972. The second-order valence-electron chi connectivity index (χ2n) is 1.68. The molecule has 1 aliphatic heterocycles. The van der Waals surface area contributed by atoms with Crippen LogP contribution in [0.15, 0.2) is 0 Å². The maximum Gasteiger partial charge on any atom is 0.163 e. The van der Waals surface area contributed by atoms with Crippen LogP contribution in [0.1, 0.15) is 0 Å². The van der Waals surface area contributed by atoms with E-state index >= 15 is 0 Å². The van der Waals surface area contributed by atoms with Crippen molar-refractivity contribution in [2.75, 3.05) is 13.2 Å². The molecule has 0 aromatic rings. The van der Waals surface area contributed by atoms with E-state index in [0.29, 0.717) is 6.61 Å². The number of Topliss-reactive ketones (excluding diaryl/α,β-unsaturated/α-hetero) is 1. The summed E-state index contributed by atoms with van der Waals surface area (Å²) in [7, 11) is 0. The van der Waals surface area contributed by atoms with E-state index in [1.807, 2.05) is 0 Å². The summed E-state index contributed by atoms with van der Waals surface area (Å²) in [5, 5.41) is 0. The molecule has 0 spiro atoms. The van der Waals surface area contributed by atoms with E-state index in [2.05, 4.69) is 6.92 Å². The van der Waals surface area contributed by atoms with Crippen molar-refractivity contribution >= 4 is 5.78 Å².